The molecule has 0 bridgehead atoms. The monoisotopic (exact) mass is 419 g/mol. The highest BCUT2D eigenvalue weighted by atomic mass is 79.9. The van der Waals surface area contributed by atoms with E-state index in [1.807, 2.05) is 47.4 Å². The van der Waals surface area contributed by atoms with E-state index in [0.29, 0.717) is 25.3 Å². The number of halogens is 1. The molecule has 0 aliphatic rings. The lowest BCUT2D eigenvalue weighted by atomic mass is 10.1. The summed E-state index contributed by atoms with van der Waals surface area (Å²) in [7, 11) is 1.35. The predicted octanol–water partition coefficient (Wildman–Crippen LogP) is 3.80. The smallest absolute Gasteiger partial charge is 0.338 e. The van der Waals surface area contributed by atoms with Crippen LogP contribution in [0.15, 0.2) is 53.0 Å². The number of methoxy groups -OCH3 is 1. The predicted molar refractivity (Wildman–Crippen MR) is 103 cm³/mol. The van der Waals surface area contributed by atoms with Gasteiger partial charge in [-0.25, -0.2) is 4.79 Å². The second-order valence-corrected chi connectivity index (χ2v) is 6.64. The van der Waals surface area contributed by atoms with Gasteiger partial charge in [-0.15, -0.1) is 0 Å². The number of carbonyl (C=O) groups is 2. The molecule has 0 aliphatic heterocycles. The lowest BCUT2D eigenvalue weighted by molar-refractivity contribution is -0.144. The molecule has 0 fully saturated rings. The van der Waals surface area contributed by atoms with Crippen molar-refractivity contribution in [1.82, 2.24) is 4.90 Å². The minimum absolute atomic E-state index is 0.138. The number of carbonyl (C=O) groups excluding carboxylic acids is 2. The molecule has 0 spiro atoms. The van der Waals surface area contributed by atoms with Gasteiger partial charge in [0.15, 0.2) is 0 Å². The number of esters is 2. The van der Waals surface area contributed by atoms with Crippen molar-refractivity contribution < 1.29 is 19.1 Å². The summed E-state index contributed by atoms with van der Waals surface area (Å²) in [6, 6.07) is 15.3. The quantitative estimate of drug-likeness (QED) is 0.609. The molecule has 2 aromatic rings. The number of ether oxygens (including phenoxy) is 2. The number of hydrogen-bond acceptors (Lipinski definition) is 5. The van der Waals surface area contributed by atoms with Crippen molar-refractivity contribution in [3.05, 3.63) is 69.7 Å². The van der Waals surface area contributed by atoms with Crippen LogP contribution < -0.4 is 0 Å². The van der Waals surface area contributed by atoms with Crippen LogP contribution in [0.5, 0.6) is 0 Å². The molecule has 0 saturated carbocycles. The van der Waals surface area contributed by atoms with Crippen LogP contribution in [0.2, 0.25) is 0 Å². The lowest BCUT2D eigenvalue weighted by Gasteiger charge is -2.22. The summed E-state index contributed by atoms with van der Waals surface area (Å²) >= 11 is 3.38. The topological polar surface area (TPSA) is 55.8 Å². The van der Waals surface area contributed by atoms with Crippen LogP contribution in [0.4, 0.5) is 0 Å². The summed E-state index contributed by atoms with van der Waals surface area (Å²) in [6.07, 6.45) is 0. The molecule has 138 valence electrons. The van der Waals surface area contributed by atoms with E-state index >= 15 is 0 Å². The van der Waals surface area contributed by atoms with Gasteiger partial charge in [0.2, 0.25) is 0 Å². The molecule has 0 radical (unpaired) electrons. The van der Waals surface area contributed by atoms with E-state index in [9.17, 15) is 9.59 Å². The maximum Gasteiger partial charge on any atom is 0.338 e. The Balaban J connectivity index is 2.25. The number of nitrogens with zero attached hydrogens (tertiary/aromatic N) is 1. The molecule has 0 saturated heterocycles. The Morgan fingerprint density at radius 2 is 1.81 bits per heavy atom. The van der Waals surface area contributed by atoms with E-state index in [1.165, 1.54) is 7.11 Å². The molecule has 0 atom stereocenters. The van der Waals surface area contributed by atoms with Gasteiger partial charge in [-0.1, -0.05) is 52.3 Å². The summed E-state index contributed by atoms with van der Waals surface area (Å²) in [5.41, 5.74) is 2.35. The van der Waals surface area contributed by atoms with Crippen molar-refractivity contribution in [2.75, 3.05) is 20.3 Å². The lowest BCUT2D eigenvalue weighted by Crippen LogP contribution is -2.31. The zero-order chi connectivity index (χ0) is 18.9. The fourth-order valence-corrected chi connectivity index (χ4v) is 2.99. The minimum Gasteiger partial charge on any atom is -0.465 e. The van der Waals surface area contributed by atoms with Crippen molar-refractivity contribution >= 4 is 27.9 Å². The molecule has 2 rings (SSSR count). The van der Waals surface area contributed by atoms with Crippen molar-refractivity contribution in [3.8, 4) is 0 Å². The van der Waals surface area contributed by atoms with Crippen molar-refractivity contribution in [3.63, 3.8) is 0 Å². The van der Waals surface area contributed by atoms with Gasteiger partial charge in [-0.2, -0.15) is 0 Å². The molecule has 0 amide bonds. The maximum absolute atomic E-state index is 12.1. The summed E-state index contributed by atoms with van der Waals surface area (Å²) in [4.78, 5) is 26.0. The highest BCUT2D eigenvalue weighted by Crippen LogP contribution is 2.20. The molecule has 0 unspecified atom stereocenters. The van der Waals surface area contributed by atoms with E-state index < -0.39 is 5.97 Å². The molecule has 0 N–H and O–H groups in total. The van der Waals surface area contributed by atoms with Crippen LogP contribution in [0.25, 0.3) is 0 Å². The van der Waals surface area contributed by atoms with Gasteiger partial charge in [0.25, 0.3) is 0 Å². The van der Waals surface area contributed by atoms with Crippen molar-refractivity contribution in [1.29, 1.82) is 0 Å². The minimum atomic E-state index is -0.405. The second kappa shape index (κ2) is 10.1. The maximum atomic E-state index is 12.1. The summed E-state index contributed by atoms with van der Waals surface area (Å²) < 4.78 is 10.8. The average molecular weight is 420 g/mol. The van der Waals surface area contributed by atoms with Gasteiger partial charge in [0.1, 0.15) is 0 Å². The molecular weight excluding hydrogens is 398 g/mol. The highest BCUT2D eigenvalue weighted by molar-refractivity contribution is 9.10. The first kappa shape index (κ1) is 20.1. The Labute approximate surface area is 162 Å². The standard InChI is InChI=1S/C20H22BrNO4/c1-3-26-19(23)14-22(12-15-7-5-4-6-8-15)13-16-9-10-17(21)11-18(16)20(24)25-2/h4-11H,3,12-14H2,1-2H3. The van der Waals surface area contributed by atoms with E-state index in [4.69, 9.17) is 9.47 Å². The number of rotatable bonds is 8. The van der Waals surface area contributed by atoms with E-state index in [-0.39, 0.29) is 12.5 Å². The summed E-state index contributed by atoms with van der Waals surface area (Å²) in [5.74, 6) is -0.697. The SMILES string of the molecule is CCOC(=O)CN(Cc1ccccc1)Cc1ccc(Br)cc1C(=O)OC. The van der Waals surface area contributed by atoms with Gasteiger partial charge in [0, 0.05) is 17.6 Å². The van der Waals surface area contributed by atoms with Crippen LogP contribution >= 0.6 is 15.9 Å². The Bertz CT molecular complexity index is 749. The zero-order valence-corrected chi connectivity index (χ0v) is 16.5. The third-order valence-corrected chi connectivity index (χ3v) is 4.27. The Kier molecular flexibility index (Phi) is 7.81. The third kappa shape index (κ3) is 5.97. The molecule has 6 heteroatoms. The number of benzene rings is 2. The Hall–Kier alpha value is -2.18. The fraction of sp³-hybridized carbons (Fsp3) is 0.300. The summed E-state index contributed by atoms with van der Waals surface area (Å²) in [6.45, 7) is 3.24. The highest BCUT2D eigenvalue weighted by Gasteiger charge is 2.18. The van der Waals surface area contributed by atoms with Gasteiger partial charge < -0.3 is 9.47 Å². The van der Waals surface area contributed by atoms with Gasteiger partial charge in [0.05, 0.1) is 25.8 Å². The molecule has 26 heavy (non-hydrogen) atoms. The molecule has 5 nitrogen and oxygen atoms in total. The van der Waals surface area contributed by atoms with Crippen LogP contribution in [0, 0.1) is 0 Å². The van der Waals surface area contributed by atoms with Crippen molar-refractivity contribution in [2.45, 2.75) is 20.0 Å². The molecule has 0 aromatic heterocycles. The molecule has 2 aromatic carbocycles. The second-order valence-electron chi connectivity index (χ2n) is 5.73. The summed E-state index contributed by atoms with van der Waals surface area (Å²) in [5, 5.41) is 0. The normalized spacial score (nSPS) is 10.6. The van der Waals surface area contributed by atoms with Gasteiger partial charge in [-0.3, -0.25) is 9.69 Å². The van der Waals surface area contributed by atoms with Crippen LogP contribution in [0.3, 0.4) is 0 Å². The molecular formula is C20H22BrNO4. The first-order valence-electron chi connectivity index (χ1n) is 8.32. The van der Waals surface area contributed by atoms with E-state index in [2.05, 4.69) is 15.9 Å². The molecule has 0 heterocycles. The zero-order valence-electron chi connectivity index (χ0n) is 14.9. The van der Waals surface area contributed by atoms with E-state index in [0.717, 1.165) is 15.6 Å². The van der Waals surface area contributed by atoms with Gasteiger partial charge >= 0.3 is 11.9 Å². The van der Waals surface area contributed by atoms with Crippen LogP contribution in [0.1, 0.15) is 28.4 Å². The average Bonchev–Trinajstić information content (AvgIpc) is 2.63. The largest absolute Gasteiger partial charge is 0.465 e. The fourth-order valence-electron chi connectivity index (χ4n) is 2.63. The van der Waals surface area contributed by atoms with E-state index in [1.54, 1.807) is 13.0 Å². The number of hydrogen-bond donors (Lipinski definition) is 0. The van der Waals surface area contributed by atoms with Gasteiger partial charge in [-0.05, 0) is 30.2 Å². The first-order chi connectivity index (χ1) is 12.5. The Morgan fingerprint density at radius 1 is 1.08 bits per heavy atom. The molecule has 0 aliphatic carbocycles. The van der Waals surface area contributed by atoms with Crippen LogP contribution in [-0.2, 0) is 27.4 Å². The Morgan fingerprint density at radius 3 is 2.46 bits per heavy atom. The third-order valence-electron chi connectivity index (χ3n) is 3.78. The van der Waals surface area contributed by atoms with Crippen LogP contribution in [-0.4, -0.2) is 37.1 Å². The first-order valence-corrected chi connectivity index (χ1v) is 9.11. The van der Waals surface area contributed by atoms with Crippen molar-refractivity contribution in [2.24, 2.45) is 0 Å².